The summed E-state index contributed by atoms with van der Waals surface area (Å²) in [5.41, 5.74) is 4.61. The van der Waals surface area contributed by atoms with Crippen LogP contribution < -0.4 is 10.5 Å². The average Bonchev–Trinajstić information content (AvgIpc) is 3.04. The number of aromatic nitrogens is 1. The second-order valence-electron chi connectivity index (χ2n) is 5.38. The molecular formula is C19H17F3N2O3. The number of aryl methyl sites for hydroxylation is 1. The maximum Gasteiger partial charge on any atom is 0.416 e. The molecule has 0 aliphatic heterocycles. The lowest BCUT2D eigenvalue weighted by Crippen LogP contribution is -2.12. The van der Waals surface area contributed by atoms with Crippen LogP contribution in [0, 0.1) is 6.92 Å². The van der Waals surface area contributed by atoms with Gasteiger partial charge in [0.2, 0.25) is 5.89 Å². The van der Waals surface area contributed by atoms with E-state index in [1.165, 1.54) is 19.1 Å². The monoisotopic (exact) mass is 378 g/mol. The highest BCUT2D eigenvalue weighted by Gasteiger charge is 2.30. The number of carbonyl (C=O) groups is 1. The Morgan fingerprint density at radius 1 is 1.07 bits per heavy atom. The van der Waals surface area contributed by atoms with Gasteiger partial charge in [0.1, 0.15) is 11.5 Å². The highest BCUT2D eigenvalue weighted by atomic mass is 19.4. The maximum atomic E-state index is 12.4. The van der Waals surface area contributed by atoms with Crippen molar-refractivity contribution in [3.63, 3.8) is 0 Å². The van der Waals surface area contributed by atoms with Crippen LogP contribution in [0.1, 0.15) is 21.8 Å². The molecule has 142 valence electrons. The van der Waals surface area contributed by atoms with Crippen molar-refractivity contribution in [1.82, 2.24) is 4.98 Å². The first-order valence-corrected chi connectivity index (χ1v) is 7.76. The van der Waals surface area contributed by atoms with Crippen LogP contribution in [-0.2, 0) is 6.18 Å². The van der Waals surface area contributed by atoms with E-state index in [-0.39, 0.29) is 17.3 Å². The molecule has 0 aliphatic carbocycles. The number of carbonyl (C=O) groups excluding carboxylic acids is 1. The van der Waals surface area contributed by atoms with Gasteiger partial charge in [0.15, 0.2) is 5.69 Å². The Hall–Kier alpha value is -3.29. The summed E-state index contributed by atoms with van der Waals surface area (Å²) >= 11 is 0. The number of nitrogens with zero attached hydrogens (tertiary/aromatic N) is 1. The Kier molecular flexibility index (Phi) is 6.23. The Balaban J connectivity index is 0.000000273. The predicted octanol–water partition coefficient (Wildman–Crippen LogP) is 4.46. The molecule has 8 heteroatoms. The quantitative estimate of drug-likeness (QED) is 0.730. The largest absolute Gasteiger partial charge is 0.497 e. The summed E-state index contributed by atoms with van der Waals surface area (Å²) in [5, 5.41) is 0. The first kappa shape index (κ1) is 20.0. The number of hydrogen-bond donors (Lipinski definition) is 1. The third-order valence-corrected chi connectivity index (χ3v) is 3.47. The van der Waals surface area contributed by atoms with Gasteiger partial charge in [0.05, 0.1) is 12.7 Å². The van der Waals surface area contributed by atoms with Crippen LogP contribution in [0.5, 0.6) is 5.75 Å². The van der Waals surface area contributed by atoms with Crippen molar-refractivity contribution >= 4 is 5.91 Å². The van der Waals surface area contributed by atoms with Crippen LogP contribution in [-0.4, -0.2) is 18.0 Å². The molecule has 0 aliphatic rings. The Morgan fingerprint density at radius 2 is 1.67 bits per heavy atom. The van der Waals surface area contributed by atoms with Crippen molar-refractivity contribution in [1.29, 1.82) is 0 Å². The van der Waals surface area contributed by atoms with Crippen molar-refractivity contribution in [3.8, 4) is 17.2 Å². The average molecular weight is 378 g/mol. The highest BCUT2D eigenvalue weighted by molar-refractivity contribution is 5.92. The summed E-state index contributed by atoms with van der Waals surface area (Å²) < 4.78 is 47.3. The van der Waals surface area contributed by atoms with Crippen molar-refractivity contribution in [2.75, 3.05) is 7.11 Å². The molecule has 0 spiro atoms. The number of alkyl halides is 3. The van der Waals surface area contributed by atoms with Crippen LogP contribution in [0.15, 0.2) is 59.0 Å². The van der Waals surface area contributed by atoms with E-state index >= 15 is 0 Å². The van der Waals surface area contributed by atoms with Gasteiger partial charge in [-0.2, -0.15) is 13.2 Å². The van der Waals surface area contributed by atoms with Gasteiger partial charge in [0.25, 0.3) is 5.91 Å². The van der Waals surface area contributed by atoms with Gasteiger partial charge in [-0.25, -0.2) is 4.98 Å². The predicted molar refractivity (Wildman–Crippen MR) is 93.2 cm³/mol. The van der Waals surface area contributed by atoms with E-state index in [0.717, 1.165) is 17.9 Å². The third-order valence-electron chi connectivity index (χ3n) is 3.47. The van der Waals surface area contributed by atoms with Gasteiger partial charge in [-0.15, -0.1) is 0 Å². The number of methoxy groups -OCH3 is 1. The van der Waals surface area contributed by atoms with E-state index in [1.807, 2.05) is 30.3 Å². The first-order valence-electron chi connectivity index (χ1n) is 7.76. The molecule has 0 unspecified atom stereocenters. The fourth-order valence-corrected chi connectivity index (χ4v) is 2.11. The van der Waals surface area contributed by atoms with E-state index in [2.05, 4.69) is 4.98 Å². The number of ether oxygens (including phenoxy) is 1. The molecule has 5 nitrogen and oxygen atoms in total. The fraction of sp³-hybridized carbons (Fsp3) is 0.158. The second-order valence-corrected chi connectivity index (χ2v) is 5.38. The van der Waals surface area contributed by atoms with Crippen LogP contribution in [0.4, 0.5) is 13.2 Å². The molecule has 3 rings (SSSR count). The lowest BCUT2D eigenvalue weighted by atomic mass is 10.1. The van der Waals surface area contributed by atoms with Gasteiger partial charge < -0.3 is 14.9 Å². The molecular weight excluding hydrogens is 361 g/mol. The van der Waals surface area contributed by atoms with E-state index < -0.39 is 17.6 Å². The highest BCUT2D eigenvalue weighted by Crippen LogP contribution is 2.31. The summed E-state index contributed by atoms with van der Waals surface area (Å²) in [6.45, 7) is 1.50. The summed E-state index contributed by atoms with van der Waals surface area (Å²) in [4.78, 5) is 14.9. The van der Waals surface area contributed by atoms with Crippen LogP contribution >= 0.6 is 0 Å². The molecule has 0 atom stereocenters. The molecule has 2 aromatic carbocycles. The molecule has 2 N–H and O–H groups in total. The van der Waals surface area contributed by atoms with E-state index in [0.29, 0.717) is 5.56 Å². The zero-order valence-electron chi connectivity index (χ0n) is 14.6. The Morgan fingerprint density at radius 3 is 2.07 bits per heavy atom. The number of oxazole rings is 1. The zero-order valence-corrected chi connectivity index (χ0v) is 14.6. The molecule has 0 saturated heterocycles. The molecule has 3 aromatic rings. The van der Waals surface area contributed by atoms with Crippen LogP contribution in [0.3, 0.4) is 0 Å². The first-order chi connectivity index (χ1) is 12.7. The molecule has 1 heterocycles. The SMILES string of the molecule is COc1ccccc1.Cc1oc(-c2ccc(C(F)(F)F)cc2)nc1C(N)=O. The van der Waals surface area contributed by atoms with E-state index in [1.54, 1.807) is 7.11 Å². The summed E-state index contributed by atoms with van der Waals surface area (Å²) in [7, 11) is 1.66. The number of para-hydroxylation sites is 1. The van der Waals surface area contributed by atoms with Crippen molar-refractivity contribution in [3.05, 3.63) is 71.6 Å². The lowest BCUT2D eigenvalue weighted by Gasteiger charge is -2.05. The minimum atomic E-state index is -4.40. The van der Waals surface area contributed by atoms with Gasteiger partial charge in [-0.3, -0.25) is 4.79 Å². The number of rotatable bonds is 3. The van der Waals surface area contributed by atoms with Crippen molar-refractivity contribution in [2.24, 2.45) is 5.73 Å². The minimum Gasteiger partial charge on any atom is -0.497 e. The molecule has 0 radical (unpaired) electrons. The topological polar surface area (TPSA) is 78.3 Å². The smallest absolute Gasteiger partial charge is 0.416 e. The maximum absolute atomic E-state index is 12.4. The number of benzene rings is 2. The fourth-order valence-electron chi connectivity index (χ4n) is 2.11. The van der Waals surface area contributed by atoms with Gasteiger partial charge >= 0.3 is 6.18 Å². The third kappa shape index (κ3) is 5.34. The summed E-state index contributed by atoms with van der Waals surface area (Å²) in [6.07, 6.45) is -4.40. The van der Waals surface area contributed by atoms with Crippen LogP contribution in [0.2, 0.25) is 0 Å². The zero-order chi connectivity index (χ0) is 20.0. The van der Waals surface area contributed by atoms with Gasteiger partial charge in [0, 0.05) is 5.56 Å². The van der Waals surface area contributed by atoms with Crippen molar-refractivity contribution in [2.45, 2.75) is 13.1 Å². The summed E-state index contributed by atoms with van der Waals surface area (Å²) in [6, 6.07) is 14.0. The molecule has 27 heavy (non-hydrogen) atoms. The lowest BCUT2D eigenvalue weighted by molar-refractivity contribution is -0.137. The van der Waals surface area contributed by atoms with Crippen LogP contribution in [0.25, 0.3) is 11.5 Å². The van der Waals surface area contributed by atoms with Gasteiger partial charge in [-0.05, 0) is 43.3 Å². The number of amides is 1. The Labute approximate surface area is 153 Å². The molecule has 0 bridgehead atoms. The minimum absolute atomic E-state index is 0.0325. The van der Waals surface area contributed by atoms with E-state index in [4.69, 9.17) is 14.9 Å². The second kappa shape index (κ2) is 8.39. The molecule has 1 aromatic heterocycles. The number of primary amides is 1. The molecule has 1 amide bonds. The Bertz CT molecular complexity index is 889. The van der Waals surface area contributed by atoms with E-state index in [9.17, 15) is 18.0 Å². The van der Waals surface area contributed by atoms with Gasteiger partial charge in [-0.1, -0.05) is 18.2 Å². The standard InChI is InChI=1S/C12H9F3N2O2.C7H8O/c1-6-9(10(16)18)17-11(19-6)7-2-4-8(5-3-7)12(13,14)15;1-8-7-5-3-2-4-6-7/h2-5H,1H3,(H2,16,18);2-6H,1H3. The normalized spacial score (nSPS) is 10.7. The number of halogens is 3. The molecule has 0 fully saturated rings. The van der Waals surface area contributed by atoms with Crippen molar-refractivity contribution < 1.29 is 27.1 Å². The number of nitrogens with two attached hydrogens (primary N) is 1. The number of hydrogen-bond acceptors (Lipinski definition) is 4. The molecule has 0 saturated carbocycles. The summed E-state index contributed by atoms with van der Waals surface area (Å²) in [5.74, 6) is 0.439.